The second kappa shape index (κ2) is 5.42. The third-order valence-electron chi connectivity index (χ3n) is 2.66. The van der Waals surface area contributed by atoms with Crippen molar-refractivity contribution in [3.8, 4) is 5.75 Å². The first-order valence-electron chi connectivity index (χ1n) is 5.82. The Morgan fingerprint density at radius 1 is 1.25 bits per heavy atom. The zero-order valence-electron chi connectivity index (χ0n) is 10.8. The fourth-order valence-corrected chi connectivity index (χ4v) is 2.57. The van der Waals surface area contributed by atoms with Gasteiger partial charge in [-0.2, -0.15) is 0 Å². The lowest BCUT2D eigenvalue weighted by Gasteiger charge is -2.06. The van der Waals surface area contributed by atoms with E-state index in [0.717, 1.165) is 6.26 Å². The van der Waals surface area contributed by atoms with Gasteiger partial charge in [-0.3, -0.25) is 9.78 Å². The molecule has 0 aliphatic rings. The fourth-order valence-electron chi connectivity index (χ4n) is 1.77. The number of sulfone groups is 1. The molecule has 20 heavy (non-hydrogen) atoms. The third-order valence-corrected chi connectivity index (χ3v) is 3.49. The average molecular weight is 291 g/mol. The molecule has 1 heterocycles. The number of carbonyl (C=O) groups is 1. The van der Waals surface area contributed by atoms with Crippen molar-refractivity contribution < 1.29 is 18.3 Å². The third kappa shape index (κ3) is 3.42. The highest BCUT2D eigenvalue weighted by molar-refractivity contribution is 7.89. The number of aromatic hydroxyl groups is 1. The molecule has 0 radical (unpaired) electrons. The fraction of sp³-hybridized carbons (Fsp3) is 0.143. The molecule has 0 aliphatic heterocycles. The topological polar surface area (TPSA) is 84.3 Å². The lowest BCUT2D eigenvalue weighted by atomic mass is 10.0. The summed E-state index contributed by atoms with van der Waals surface area (Å²) in [6.45, 7) is 0. The summed E-state index contributed by atoms with van der Waals surface area (Å²) in [7, 11) is -3.29. The number of ketones is 1. The predicted octanol–water partition coefficient (Wildman–Crippen LogP) is 1.56. The summed E-state index contributed by atoms with van der Waals surface area (Å²) in [5, 5.41) is 9.66. The van der Waals surface area contributed by atoms with E-state index in [0.29, 0.717) is 5.56 Å². The number of benzene rings is 1. The Labute approximate surface area is 116 Å². The van der Waals surface area contributed by atoms with Crippen LogP contribution < -0.4 is 0 Å². The first kappa shape index (κ1) is 14.2. The summed E-state index contributed by atoms with van der Waals surface area (Å²) in [4.78, 5) is 16.1. The summed E-state index contributed by atoms with van der Waals surface area (Å²) in [6, 6.07) is 9.11. The van der Waals surface area contributed by atoms with Crippen molar-refractivity contribution in [2.24, 2.45) is 0 Å². The lowest BCUT2D eigenvalue weighted by Crippen LogP contribution is -2.06. The summed E-state index contributed by atoms with van der Waals surface area (Å²) in [5.41, 5.74) is 0.762. The molecule has 0 aliphatic carbocycles. The van der Waals surface area contributed by atoms with Crippen molar-refractivity contribution in [3.05, 3.63) is 59.4 Å². The maximum Gasteiger partial charge on any atom is 0.211 e. The highest BCUT2D eigenvalue weighted by Gasteiger charge is 2.15. The average Bonchev–Trinajstić information content (AvgIpc) is 2.40. The second-order valence-electron chi connectivity index (χ2n) is 4.46. The number of hydrogen-bond acceptors (Lipinski definition) is 5. The van der Waals surface area contributed by atoms with E-state index in [-0.39, 0.29) is 28.5 Å². The van der Waals surface area contributed by atoms with Gasteiger partial charge in [0, 0.05) is 23.6 Å². The number of hydrogen-bond donors (Lipinski definition) is 1. The summed E-state index contributed by atoms with van der Waals surface area (Å²) < 4.78 is 22.6. The van der Waals surface area contributed by atoms with Crippen molar-refractivity contribution in [1.29, 1.82) is 0 Å². The van der Waals surface area contributed by atoms with Gasteiger partial charge in [-0.1, -0.05) is 6.07 Å². The Bertz CT molecular complexity index is 739. The highest BCUT2D eigenvalue weighted by Crippen LogP contribution is 2.22. The van der Waals surface area contributed by atoms with E-state index in [1.165, 1.54) is 24.4 Å². The predicted molar refractivity (Wildman–Crippen MR) is 74.3 cm³/mol. The second-order valence-corrected chi connectivity index (χ2v) is 6.60. The first-order valence-corrected chi connectivity index (χ1v) is 7.88. The molecule has 2 aromatic rings. The number of rotatable bonds is 4. The van der Waals surface area contributed by atoms with Gasteiger partial charge in [-0.25, -0.2) is 8.42 Å². The number of phenolic OH excluding ortho intramolecular Hbond substituents is 1. The molecule has 0 amide bonds. The van der Waals surface area contributed by atoms with Crippen LogP contribution in [0.15, 0.2) is 42.6 Å². The van der Waals surface area contributed by atoms with Crippen LogP contribution in [0, 0.1) is 0 Å². The van der Waals surface area contributed by atoms with Crippen LogP contribution in [-0.4, -0.2) is 30.5 Å². The number of phenols is 1. The van der Waals surface area contributed by atoms with Gasteiger partial charge in [-0.05, 0) is 30.3 Å². The minimum absolute atomic E-state index is 0.145. The van der Waals surface area contributed by atoms with E-state index >= 15 is 0 Å². The van der Waals surface area contributed by atoms with Gasteiger partial charge in [0.15, 0.2) is 9.84 Å². The van der Waals surface area contributed by atoms with E-state index < -0.39 is 9.84 Å². The molecule has 0 saturated carbocycles. The maximum atomic E-state index is 12.2. The van der Waals surface area contributed by atoms with E-state index in [1.54, 1.807) is 18.2 Å². The van der Waals surface area contributed by atoms with Crippen LogP contribution in [0.3, 0.4) is 0 Å². The van der Waals surface area contributed by atoms with Crippen LogP contribution in [-0.2, 0) is 15.6 Å². The zero-order valence-corrected chi connectivity index (χ0v) is 11.6. The molecule has 2 rings (SSSR count). The van der Waals surface area contributed by atoms with Crippen LogP contribution >= 0.6 is 0 Å². The smallest absolute Gasteiger partial charge is 0.211 e. The summed E-state index contributed by atoms with van der Waals surface area (Å²) in [5.74, 6) is -0.782. The molecule has 0 bridgehead atoms. The number of aromatic nitrogens is 1. The molecule has 6 heteroatoms. The van der Waals surface area contributed by atoms with Crippen LogP contribution in [0.1, 0.15) is 21.6 Å². The van der Waals surface area contributed by atoms with Gasteiger partial charge in [0.2, 0.25) is 5.78 Å². The molecule has 0 fully saturated rings. The number of pyridine rings is 1. The molecule has 104 valence electrons. The van der Waals surface area contributed by atoms with Crippen LogP contribution in [0.25, 0.3) is 0 Å². The molecule has 5 nitrogen and oxygen atoms in total. The summed E-state index contributed by atoms with van der Waals surface area (Å²) in [6.07, 6.45) is 2.57. The normalized spacial score (nSPS) is 11.2. The summed E-state index contributed by atoms with van der Waals surface area (Å²) >= 11 is 0. The largest absolute Gasteiger partial charge is 0.508 e. The minimum atomic E-state index is -3.29. The lowest BCUT2D eigenvalue weighted by molar-refractivity contribution is 0.103. The molecule has 0 spiro atoms. The number of nitrogens with zero attached hydrogens (tertiary/aromatic N) is 1. The molecular formula is C14H13NO4S. The van der Waals surface area contributed by atoms with Crippen molar-refractivity contribution in [2.75, 3.05) is 6.26 Å². The SMILES string of the molecule is CS(=O)(=O)Cc1cc(C(=O)c2ccccn2)ccc1O. The Hall–Kier alpha value is -2.21. The van der Waals surface area contributed by atoms with Gasteiger partial charge in [0.25, 0.3) is 0 Å². The standard InChI is InChI=1S/C14H13NO4S/c1-20(18,19)9-11-8-10(5-6-13(11)16)14(17)12-4-2-3-7-15-12/h2-8,16H,9H2,1H3. The van der Waals surface area contributed by atoms with Crippen molar-refractivity contribution in [2.45, 2.75) is 5.75 Å². The van der Waals surface area contributed by atoms with Crippen LogP contribution in [0.4, 0.5) is 0 Å². The Morgan fingerprint density at radius 2 is 2.00 bits per heavy atom. The van der Waals surface area contributed by atoms with Gasteiger partial charge in [0.1, 0.15) is 11.4 Å². The van der Waals surface area contributed by atoms with Crippen molar-refractivity contribution in [1.82, 2.24) is 4.98 Å². The van der Waals surface area contributed by atoms with E-state index in [1.807, 2.05) is 0 Å². The zero-order chi connectivity index (χ0) is 14.8. The van der Waals surface area contributed by atoms with E-state index in [4.69, 9.17) is 0 Å². The maximum absolute atomic E-state index is 12.2. The van der Waals surface area contributed by atoms with Gasteiger partial charge in [0.05, 0.1) is 5.75 Å². The monoisotopic (exact) mass is 291 g/mol. The van der Waals surface area contributed by atoms with Crippen molar-refractivity contribution in [3.63, 3.8) is 0 Å². The Kier molecular flexibility index (Phi) is 3.85. The minimum Gasteiger partial charge on any atom is -0.508 e. The Morgan fingerprint density at radius 3 is 2.60 bits per heavy atom. The van der Waals surface area contributed by atoms with Crippen molar-refractivity contribution >= 4 is 15.6 Å². The van der Waals surface area contributed by atoms with Crippen LogP contribution in [0.5, 0.6) is 5.75 Å². The quantitative estimate of drug-likeness (QED) is 0.864. The van der Waals surface area contributed by atoms with Gasteiger partial charge >= 0.3 is 0 Å². The van der Waals surface area contributed by atoms with Gasteiger partial charge in [-0.15, -0.1) is 0 Å². The molecule has 0 unspecified atom stereocenters. The molecule has 1 N–H and O–H groups in total. The number of carbonyl (C=O) groups excluding carboxylic acids is 1. The Balaban J connectivity index is 2.39. The van der Waals surface area contributed by atoms with Crippen LogP contribution in [0.2, 0.25) is 0 Å². The van der Waals surface area contributed by atoms with Gasteiger partial charge < -0.3 is 5.11 Å². The molecular weight excluding hydrogens is 278 g/mol. The molecule has 1 aromatic carbocycles. The first-order chi connectivity index (χ1) is 9.37. The molecule has 0 atom stereocenters. The van der Waals surface area contributed by atoms with E-state index in [9.17, 15) is 18.3 Å². The molecule has 1 aromatic heterocycles. The molecule has 0 saturated heterocycles. The van der Waals surface area contributed by atoms with E-state index in [2.05, 4.69) is 4.98 Å². The highest BCUT2D eigenvalue weighted by atomic mass is 32.2.